The van der Waals surface area contributed by atoms with E-state index in [9.17, 15) is 0 Å². The van der Waals surface area contributed by atoms with E-state index in [1.165, 1.54) is 0 Å². The van der Waals surface area contributed by atoms with E-state index in [1.807, 2.05) is 0 Å². The molecular weight excluding hydrogens is 241 g/mol. The molecule has 0 amide bonds. The van der Waals surface area contributed by atoms with Crippen LogP contribution in [0.1, 0.15) is 27.2 Å². The Labute approximate surface area is 116 Å². The summed E-state index contributed by atoms with van der Waals surface area (Å²) in [5.74, 6) is 0.743. The number of likely N-dealkylation sites (N-methyl/N-ethyl adjacent to an activating group) is 1. The van der Waals surface area contributed by atoms with Gasteiger partial charge in [-0.2, -0.15) is 0 Å². The van der Waals surface area contributed by atoms with Crippen molar-refractivity contribution in [3.05, 3.63) is 24.3 Å². The van der Waals surface area contributed by atoms with Crippen LogP contribution in [0.25, 0.3) is 0 Å². The maximum Gasteiger partial charge on any atom is 0.488 e. The van der Waals surface area contributed by atoms with Crippen LogP contribution in [0.3, 0.4) is 0 Å². The highest BCUT2D eigenvalue weighted by Gasteiger charge is 2.20. The van der Waals surface area contributed by atoms with E-state index in [1.54, 1.807) is 24.3 Å². The Kier molecular flexibility index (Phi) is 5.85. The second-order valence-electron chi connectivity index (χ2n) is 5.38. The molecule has 0 aliphatic rings. The SMILES string of the molecule is CCC(C)(C)N(C)CCOc1ccc(B(O)O)cc1. The molecule has 5 heteroatoms. The zero-order chi connectivity index (χ0) is 14.5. The molecule has 0 atom stereocenters. The Bertz CT molecular complexity index is 379. The van der Waals surface area contributed by atoms with Crippen LogP contribution in [-0.2, 0) is 0 Å². The van der Waals surface area contributed by atoms with Gasteiger partial charge in [0.05, 0.1) is 0 Å². The number of benzene rings is 1. The average molecular weight is 265 g/mol. The molecule has 106 valence electrons. The fraction of sp³-hybridized carbons (Fsp3) is 0.571. The quantitative estimate of drug-likeness (QED) is 0.718. The highest BCUT2D eigenvalue weighted by atomic mass is 16.5. The molecule has 0 saturated carbocycles. The Hall–Kier alpha value is -1.04. The molecule has 0 unspecified atom stereocenters. The summed E-state index contributed by atoms with van der Waals surface area (Å²) in [6.45, 7) is 8.07. The third-order valence-corrected chi connectivity index (χ3v) is 3.77. The van der Waals surface area contributed by atoms with Gasteiger partial charge in [-0.25, -0.2) is 0 Å². The van der Waals surface area contributed by atoms with Gasteiger partial charge in [-0.1, -0.05) is 19.1 Å². The van der Waals surface area contributed by atoms with Gasteiger partial charge in [0, 0.05) is 12.1 Å². The Balaban J connectivity index is 2.41. The molecule has 4 nitrogen and oxygen atoms in total. The molecule has 0 bridgehead atoms. The lowest BCUT2D eigenvalue weighted by Crippen LogP contribution is -2.42. The number of ether oxygens (including phenoxy) is 1. The van der Waals surface area contributed by atoms with Crippen LogP contribution >= 0.6 is 0 Å². The Morgan fingerprint density at radius 2 is 1.79 bits per heavy atom. The Morgan fingerprint density at radius 3 is 2.26 bits per heavy atom. The van der Waals surface area contributed by atoms with Crippen molar-refractivity contribution in [1.82, 2.24) is 4.90 Å². The van der Waals surface area contributed by atoms with Crippen LogP contribution < -0.4 is 10.2 Å². The molecule has 0 saturated heterocycles. The smallest absolute Gasteiger partial charge is 0.488 e. The first kappa shape index (κ1) is 16.0. The van der Waals surface area contributed by atoms with Gasteiger partial charge in [0.1, 0.15) is 12.4 Å². The van der Waals surface area contributed by atoms with E-state index in [0.717, 1.165) is 18.7 Å². The highest BCUT2D eigenvalue weighted by molar-refractivity contribution is 6.58. The van der Waals surface area contributed by atoms with Crippen LogP contribution in [0.5, 0.6) is 5.75 Å². The summed E-state index contributed by atoms with van der Waals surface area (Å²) in [6.07, 6.45) is 1.09. The number of nitrogens with zero attached hydrogens (tertiary/aromatic N) is 1. The first-order valence-electron chi connectivity index (χ1n) is 6.67. The lowest BCUT2D eigenvalue weighted by Gasteiger charge is -2.34. The second-order valence-corrected chi connectivity index (χ2v) is 5.38. The van der Waals surface area contributed by atoms with E-state index in [4.69, 9.17) is 14.8 Å². The summed E-state index contributed by atoms with van der Waals surface area (Å²) in [5.41, 5.74) is 0.644. The van der Waals surface area contributed by atoms with Gasteiger partial charge >= 0.3 is 7.12 Å². The molecule has 2 N–H and O–H groups in total. The van der Waals surface area contributed by atoms with Crippen molar-refractivity contribution in [2.24, 2.45) is 0 Å². The molecule has 0 aromatic heterocycles. The van der Waals surface area contributed by atoms with Crippen molar-refractivity contribution in [2.45, 2.75) is 32.7 Å². The minimum absolute atomic E-state index is 0.175. The van der Waals surface area contributed by atoms with E-state index in [0.29, 0.717) is 12.1 Å². The first-order valence-corrected chi connectivity index (χ1v) is 6.67. The van der Waals surface area contributed by atoms with E-state index >= 15 is 0 Å². The molecule has 1 aromatic rings. The highest BCUT2D eigenvalue weighted by Crippen LogP contribution is 2.16. The van der Waals surface area contributed by atoms with E-state index in [-0.39, 0.29) is 5.54 Å². The van der Waals surface area contributed by atoms with Crippen molar-refractivity contribution < 1.29 is 14.8 Å². The fourth-order valence-electron chi connectivity index (χ4n) is 1.61. The third-order valence-electron chi connectivity index (χ3n) is 3.77. The Morgan fingerprint density at radius 1 is 1.21 bits per heavy atom. The van der Waals surface area contributed by atoms with E-state index in [2.05, 4.69) is 32.7 Å². The molecule has 0 aliphatic carbocycles. The number of rotatable bonds is 7. The lowest BCUT2D eigenvalue weighted by molar-refractivity contribution is 0.125. The van der Waals surface area contributed by atoms with Crippen molar-refractivity contribution in [1.29, 1.82) is 0 Å². The average Bonchev–Trinajstić information content (AvgIpc) is 2.39. The molecule has 1 aromatic carbocycles. The summed E-state index contributed by atoms with van der Waals surface area (Å²) in [7, 11) is 0.670. The third kappa shape index (κ3) is 4.86. The van der Waals surface area contributed by atoms with Gasteiger partial charge in [0.15, 0.2) is 0 Å². The zero-order valence-corrected chi connectivity index (χ0v) is 12.3. The minimum Gasteiger partial charge on any atom is -0.492 e. The zero-order valence-electron chi connectivity index (χ0n) is 12.3. The first-order chi connectivity index (χ1) is 8.86. The summed E-state index contributed by atoms with van der Waals surface area (Å²) < 4.78 is 5.65. The molecule has 0 radical (unpaired) electrons. The summed E-state index contributed by atoms with van der Waals surface area (Å²) in [6, 6.07) is 6.80. The normalized spacial score (nSPS) is 11.7. The number of hydrogen-bond donors (Lipinski definition) is 2. The van der Waals surface area contributed by atoms with Gasteiger partial charge in [0.25, 0.3) is 0 Å². The lowest BCUT2D eigenvalue weighted by atomic mass is 9.80. The minimum atomic E-state index is -1.43. The molecule has 1 rings (SSSR count). The van der Waals surface area contributed by atoms with Gasteiger partial charge in [-0.05, 0) is 44.9 Å². The molecule has 0 spiro atoms. The maximum atomic E-state index is 8.99. The van der Waals surface area contributed by atoms with Gasteiger partial charge in [-0.3, -0.25) is 4.90 Å². The summed E-state index contributed by atoms with van der Waals surface area (Å²) >= 11 is 0. The van der Waals surface area contributed by atoms with Crippen LogP contribution in [0.2, 0.25) is 0 Å². The second kappa shape index (κ2) is 6.94. The van der Waals surface area contributed by atoms with Crippen molar-refractivity contribution in [3.8, 4) is 5.75 Å². The number of hydrogen-bond acceptors (Lipinski definition) is 4. The molecular formula is C14H24BNO3. The largest absolute Gasteiger partial charge is 0.492 e. The van der Waals surface area contributed by atoms with Crippen LogP contribution in [-0.4, -0.2) is 47.8 Å². The molecule has 0 aliphatic heterocycles. The fourth-order valence-corrected chi connectivity index (χ4v) is 1.61. The summed E-state index contributed by atoms with van der Waals surface area (Å²) in [4.78, 5) is 2.28. The predicted molar refractivity (Wildman–Crippen MR) is 78.8 cm³/mol. The van der Waals surface area contributed by atoms with Crippen LogP contribution in [0.4, 0.5) is 0 Å². The maximum absolute atomic E-state index is 8.99. The van der Waals surface area contributed by atoms with Crippen molar-refractivity contribution in [3.63, 3.8) is 0 Å². The van der Waals surface area contributed by atoms with Crippen molar-refractivity contribution >= 4 is 12.6 Å². The molecule has 0 heterocycles. The standard InChI is InChI=1S/C14H24BNO3/c1-5-14(2,3)16(4)10-11-19-13-8-6-12(7-9-13)15(17)18/h6-9,17-18H,5,10-11H2,1-4H3. The predicted octanol–water partition coefficient (Wildman–Crippen LogP) is 0.866. The van der Waals surface area contributed by atoms with E-state index < -0.39 is 7.12 Å². The monoisotopic (exact) mass is 265 g/mol. The summed E-state index contributed by atoms with van der Waals surface area (Å²) in [5, 5.41) is 18.0. The van der Waals surface area contributed by atoms with Crippen molar-refractivity contribution in [2.75, 3.05) is 20.2 Å². The van der Waals surface area contributed by atoms with Crippen LogP contribution in [0, 0.1) is 0 Å². The topological polar surface area (TPSA) is 52.9 Å². The van der Waals surface area contributed by atoms with Gasteiger partial charge in [0.2, 0.25) is 0 Å². The molecule has 0 fully saturated rings. The van der Waals surface area contributed by atoms with Crippen LogP contribution in [0.15, 0.2) is 24.3 Å². The molecule has 19 heavy (non-hydrogen) atoms. The van der Waals surface area contributed by atoms with Gasteiger partial charge in [-0.15, -0.1) is 0 Å². The van der Waals surface area contributed by atoms with Gasteiger partial charge < -0.3 is 14.8 Å².